The van der Waals surface area contributed by atoms with Gasteiger partial charge in [-0.15, -0.1) is 6.58 Å². The lowest BCUT2D eigenvalue weighted by atomic mass is 10.1. The van der Waals surface area contributed by atoms with Gasteiger partial charge in [-0.05, 0) is 31.2 Å². The van der Waals surface area contributed by atoms with Crippen LogP contribution in [0.2, 0.25) is 0 Å². The van der Waals surface area contributed by atoms with Gasteiger partial charge in [0.25, 0.3) is 0 Å². The fourth-order valence-electron chi connectivity index (χ4n) is 1.57. The summed E-state index contributed by atoms with van der Waals surface area (Å²) in [7, 11) is 0. The normalized spacial score (nSPS) is 31.5. The van der Waals surface area contributed by atoms with Gasteiger partial charge < -0.3 is 5.32 Å². The Kier molecular flexibility index (Phi) is 3.13. The zero-order valence-corrected chi connectivity index (χ0v) is 7.64. The third-order valence-corrected chi connectivity index (χ3v) is 2.52. The monoisotopic (exact) mass is 153 g/mol. The van der Waals surface area contributed by atoms with Gasteiger partial charge in [0.2, 0.25) is 0 Å². The average Bonchev–Trinajstić information content (AvgIpc) is 2.69. The number of hydrogen-bond acceptors (Lipinski definition) is 1. The molecule has 0 aromatic heterocycles. The second-order valence-corrected chi connectivity index (χ2v) is 3.59. The minimum absolute atomic E-state index is 0.574. The molecule has 1 heteroatoms. The molecule has 0 aromatic rings. The number of hydrogen-bond donors (Lipinski definition) is 1. The molecule has 3 unspecified atom stereocenters. The summed E-state index contributed by atoms with van der Waals surface area (Å²) >= 11 is 0. The van der Waals surface area contributed by atoms with Crippen LogP contribution in [0, 0.1) is 11.8 Å². The van der Waals surface area contributed by atoms with Crippen LogP contribution in [-0.2, 0) is 0 Å². The molecule has 0 spiro atoms. The Hall–Kier alpha value is -0.300. The fourth-order valence-corrected chi connectivity index (χ4v) is 1.57. The first-order chi connectivity index (χ1) is 5.29. The Morgan fingerprint density at radius 1 is 1.73 bits per heavy atom. The summed E-state index contributed by atoms with van der Waals surface area (Å²) in [6.07, 6.45) is 4.66. The van der Waals surface area contributed by atoms with E-state index < -0.39 is 0 Å². The van der Waals surface area contributed by atoms with E-state index in [0.29, 0.717) is 6.04 Å². The van der Waals surface area contributed by atoms with E-state index in [1.54, 1.807) is 0 Å². The predicted molar refractivity (Wildman–Crippen MR) is 49.5 cm³/mol. The smallest absolute Gasteiger partial charge is 0.0278 e. The molecule has 3 atom stereocenters. The molecule has 0 amide bonds. The number of nitrogens with one attached hydrogen (secondary N) is 1. The molecule has 0 radical (unpaired) electrons. The Morgan fingerprint density at radius 2 is 2.36 bits per heavy atom. The maximum atomic E-state index is 3.85. The van der Waals surface area contributed by atoms with E-state index in [-0.39, 0.29) is 0 Å². The highest BCUT2D eigenvalue weighted by Crippen LogP contribution is 2.40. The molecule has 1 fully saturated rings. The summed E-state index contributed by atoms with van der Waals surface area (Å²) < 4.78 is 0. The summed E-state index contributed by atoms with van der Waals surface area (Å²) in [6.45, 7) is 9.48. The van der Waals surface area contributed by atoms with E-state index in [1.807, 2.05) is 0 Å². The van der Waals surface area contributed by atoms with Gasteiger partial charge in [0.15, 0.2) is 0 Å². The van der Waals surface area contributed by atoms with E-state index in [1.165, 1.54) is 12.8 Å². The first-order valence-corrected chi connectivity index (χ1v) is 4.65. The molecule has 1 aliphatic carbocycles. The maximum Gasteiger partial charge on any atom is 0.0278 e. The third kappa shape index (κ3) is 2.33. The SMILES string of the molecule is C=CC(NCCC)C1CC1C. The van der Waals surface area contributed by atoms with Crippen LogP contribution < -0.4 is 5.32 Å². The van der Waals surface area contributed by atoms with Crippen molar-refractivity contribution in [2.24, 2.45) is 11.8 Å². The van der Waals surface area contributed by atoms with Crippen molar-refractivity contribution in [2.75, 3.05) is 6.54 Å². The van der Waals surface area contributed by atoms with Crippen molar-refractivity contribution in [3.8, 4) is 0 Å². The molecule has 64 valence electrons. The molecule has 1 rings (SSSR count). The van der Waals surface area contributed by atoms with Gasteiger partial charge in [0.05, 0.1) is 0 Å². The van der Waals surface area contributed by atoms with Crippen molar-refractivity contribution in [1.82, 2.24) is 5.32 Å². The zero-order valence-electron chi connectivity index (χ0n) is 7.64. The molecule has 1 nitrogen and oxygen atoms in total. The van der Waals surface area contributed by atoms with Crippen LogP contribution in [0.15, 0.2) is 12.7 Å². The van der Waals surface area contributed by atoms with Gasteiger partial charge >= 0.3 is 0 Å². The lowest BCUT2D eigenvalue weighted by Crippen LogP contribution is -2.30. The minimum atomic E-state index is 0.574. The lowest BCUT2D eigenvalue weighted by Gasteiger charge is -2.12. The van der Waals surface area contributed by atoms with Gasteiger partial charge in [-0.2, -0.15) is 0 Å². The van der Waals surface area contributed by atoms with Crippen LogP contribution in [0.1, 0.15) is 26.7 Å². The molecule has 1 aliphatic rings. The molecular weight excluding hydrogens is 134 g/mol. The highest BCUT2D eigenvalue weighted by Gasteiger charge is 2.37. The third-order valence-electron chi connectivity index (χ3n) is 2.52. The first kappa shape index (κ1) is 8.79. The van der Waals surface area contributed by atoms with Crippen LogP contribution in [0.4, 0.5) is 0 Å². The first-order valence-electron chi connectivity index (χ1n) is 4.65. The molecule has 0 aliphatic heterocycles. The molecule has 0 aromatic carbocycles. The second kappa shape index (κ2) is 3.91. The average molecular weight is 153 g/mol. The van der Waals surface area contributed by atoms with E-state index in [4.69, 9.17) is 0 Å². The maximum absolute atomic E-state index is 3.85. The summed E-state index contributed by atoms with van der Waals surface area (Å²) in [5, 5.41) is 3.49. The van der Waals surface area contributed by atoms with Crippen LogP contribution in [0.25, 0.3) is 0 Å². The van der Waals surface area contributed by atoms with Crippen LogP contribution in [0.5, 0.6) is 0 Å². The van der Waals surface area contributed by atoms with E-state index in [2.05, 4.69) is 31.8 Å². The molecule has 1 N–H and O–H groups in total. The summed E-state index contributed by atoms with van der Waals surface area (Å²) in [5.41, 5.74) is 0. The fraction of sp³-hybridized carbons (Fsp3) is 0.800. The van der Waals surface area contributed by atoms with Crippen molar-refractivity contribution in [1.29, 1.82) is 0 Å². The van der Waals surface area contributed by atoms with Gasteiger partial charge in [-0.1, -0.05) is 19.9 Å². The summed E-state index contributed by atoms with van der Waals surface area (Å²) in [5.74, 6) is 1.79. The Bertz CT molecular complexity index is 131. The van der Waals surface area contributed by atoms with E-state index in [9.17, 15) is 0 Å². The van der Waals surface area contributed by atoms with Crippen molar-refractivity contribution in [3.05, 3.63) is 12.7 Å². The van der Waals surface area contributed by atoms with Crippen molar-refractivity contribution in [2.45, 2.75) is 32.7 Å². The molecular formula is C10H19N. The van der Waals surface area contributed by atoms with Crippen LogP contribution in [-0.4, -0.2) is 12.6 Å². The number of rotatable bonds is 5. The predicted octanol–water partition coefficient (Wildman–Crippen LogP) is 2.20. The summed E-state index contributed by atoms with van der Waals surface area (Å²) in [4.78, 5) is 0. The van der Waals surface area contributed by atoms with Crippen molar-refractivity contribution >= 4 is 0 Å². The second-order valence-electron chi connectivity index (χ2n) is 3.59. The van der Waals surface area contributed by atoms with Gasteiger partial charge in [0, 0.05) is 6.04 Å². The Labute approximate surface area is 69.9 Å². The molecule has 0 heterocycles. The molecule has 0 bridgehead atoms. The van der Waals surface area contributed by atoms with Gasteiger partial charge in [-0.25, -0.2) is 0 Å². The highest BCUT2D eigenvalue weighted by atomic mass is 14.9. The summed E-state index contributed by atoms with van der Waals surface area (Å²) in [6, 6.07) is 0.574. The van der Waals surface area contributed by atoms with Gasteiger partial charge in [-0.3, -0.25) is 0 Å². The molecule has 1 saturated carbocycles. The zero-order chi connectivity index (χ0) is 8.27. The van der Waals surface area contributed by atoms with E-state index in [0.717, 1.165) is 18.4 Å². The van der Waals surface area contributed by atoms with Crippen molar-refractivity contribution < 1.29 is 0 Å². The minimum Gasteiger partial charge on any atom is -0.310 e. The van der Waals surface area contributed by atoms with E-state index >= 15 is 0 Å². The van der Waals surface area contributed by atoms with Crippen LogP contribution in [0.3, 0.4) is 0 Å². The quantitative estimate of drug-likeness (QED) is 0.597. The molecule has 0 saturated heterocycles. The topological polar surface area (TPSA) is 12.0 Å². The van der Waals surface area contributed by atoms with Crippen molar-refractivity contribution in [3.63, 3.8) is 0 Å². The largest absolute Gasteiger partial charge is 0.310 e. The Balaban J connectivity index is 2.20. The molecule has 11 heavy (non-hydrogen) atoms. The van der Waals surface area contributed by atoms with Crippen LogP contribution >= 0.6 is 0 Å². The van der Waals surface area contributed by atoms with Gasteiger partial charge in [0.1, 0.15) is 0 Å². The highest BCUT2D eigenvalue weighted by molar-refractivity contribution is 5.00. The Morgan fingerprint density at radius 3 is 2.73 bits per heavy atom. The lowest BCUT2D eigenvalue weighted by molar-refractivity contribution is 0.518. The standard InChI is InChI=1S/C10H19N/c1-4-6-11-10(5-2)9-7-8(9)3/h5,8-11H,2,4,6-7H2,1,3H3.